The molecular formula is C10H9N3OS. The number of nitrogens with zero attached hydrogens (tertiary/aromatic N) is 2. The molecule has 1 atom stereocenters. The van der Waals surface area contributed by atoms with Gasteiger partial charge in [-0.05, 0) is 6.07 Å². The van der Waals surface area contributed by atoms with Crippen LogP contribution in [0, 0.1) is 0 Å². The zero-order chi connectivity index (χ0) is 10.1. The second-order valence-corrected chi connectivity index (χ2v) is 4.12. The summed E-state index contributed by atoms with van der Waals surface area (Å²) in [5.41, 5.74) is 2.90. The Labute approximate surface area is 90.9 Å². The molecule has 1 unspecified atom stereocenters. The molecule has 1 aromatic carbocycles. The van der Waals surface area contributed by atoms with Crippen molar-refractivity contribution in [2.24, 2.45) is 0 Å². The Kier molecular flexibility index (Phi) is 2.03. The Hall–Kier alpha value is -1.62. The summed E-state index contributed by atoms with van der Waals surface area (Å²) in [7, 11) is 0. The van der Waals surface area contributed by atoms with Crippen LogP contribution < -0.4 is 10.1 Å². The number of fused-ring (bicyclic) bond motifs is 1. The van der Waals surface area contributed by atoms with E-state index in [1.54, 1.807) is 5.51 Å². The molecule has 1 aliphatic heterocycles. The summed E-state index contributed by atoms with van der Waals surface area (Å²) in [6.45, 7) is 0.652. The minimum Gasteiger partial charge on any atom is -0.491 e. The Bertz CT molecular complexity index is 457. The highest BCUT2D eigenvalue weighted by Crippen LogP contribution is 2.34. The molecule has 3 rings (SSSR count). The normalized spacial score (nSPS) is 18.3. The first-order valence-electron chi connectivity index (χ1n) is 4.68. The SMILES string of the molecule is c1ccc2c(c1)OCC2Nc1nncs1. The predicted octanol–water partition coefficient (Wildman–Crippen LogP) is 2.08. The fraction of sp³-hybridized carbons (Fsp3) is 0.200. The molecule has 4 nitrogen and oxygen atoms in total. The molecule has 1 aliphatic rings. The van der Waals surface area contributed by atoms with E-state index in [0.717, 1.165) is 10.9 Å². The van der Waals surface area contributed by atoms with E-state index >= 15 is 0 Å². The van der Waals surface area contributed by atoms with Crippen molar-refractivity contribution in [1.29, 1.82) is 0 Å². The van der Waals surface area contributed by atoms with Gasteiger partial charge in [0.2, 0.25) is 5.13 Å². The lowest BCUT2D eigenvalue weighted by atomic mass is 10.1. The predicted molar refractivity (Wildman–Crippen MR) is 58.2 cm³/mol. The van der Waals surface area contributed by atoms with Gasteiger partial charge in [0, 0.05) is 5.56 Å². The molecule has 0 amide bonds. The van der Waals surface area contributed by atoms with Crippen LogP contribution >= 0.6 is 11.3 Å². The highest BCUT2D eigenvalue weighted by Gasteiger charge is 2.23. The van der Waals surface area contributed by atoms with Crippen LogP contribution in [0.25, 0.3) is 0 Å². The van der Waals surface area contributed by atoms with Crippen LogP contribution in [0.1, 0.15) is 11.6 Å². The molecule has 1 N–H and O–H groups in total. The second-order valence-electron chi connectivity index (χ2n) is 3.29. The fourth-order valence-corrected chi connectivity index (χ4v) is 2.17. The Morgan fingerprint density at radius 3 is 3.20 bits per heavy atom. The van der Waals surface area contributed by atoms with E-state index in [2.05, 4.69) is 21.6 Å². The minimum atomic E-state index is 0.189. The third-order valence-corrected chi connectivity index (χ3v) is 2.98. The van der Waals surface area contributed by atoms with Crippen LogP contribution in [-0.2, 0) is 0 Å². The van der Waals surface area contributed by atoms with E-state index < -0.39 is 0 Å². The Balaban J connectivity index is 1.85. The van der Waals surface area contributed by atoms with Crippen molar-refractivity contribution >= 4 is 16.5 Å². The third kappa shape index (κ3) is 1.55. The third-order valence-electron chi connectivity index (χ3n) is 2.36. The molecule has 2 aromatic rings. The average Bonchev–Trinajstić information content (AvgIpc) is 2.89. The standard InChI is InChI=1S/C10H9N3OS/c1-2-4-9-7(3-1)8(5-14-9)12-10-13-11-6-15-10/h1-4,6,8H,5H2,(H,12,13). The summed E-state index contributed by atoms with van der Waals surface area (Å²) in [4.78, 5) is 0. The number of hydrogen-bond acceptors (Lipinski definition) is 5. The Morgan fingerprint density at radius 1 is 1.40 bits per heavy atom. The molecule has 0 aliphatic carbocycles. The number of aromatic nitrogens is 2. The molecule has 0 fully saturated rings. The van der Waals surface area contributed by atoms with Crippen molar-refractivity contribution < 1.29 is 4.74 Å². The van der Waals surface area contributed by atoms with E-state index in [-0.39, 0.29) is 6.04 Å². The van der Waals surface area contributed by atoms with Gasteiger partial charge >= 0.3 is 0 Å². The van der Waals surface area contributed by atoms with Crippen LogP contribution in [0.3, 0.4) is 0 Å². The molecule has 5 heteroatoms. The van der Waals surface area contributed by atoms with Gasteiger partial charge in [0.05, 0.1) is 6.04 Å². The summed E-state index contributed by atoms with van der Waals surface area (Å²) in [5.74, 6) is 0.958. The monoisotopic (exact) mass is 219 g/mol. The zero-order valence-electron chi connectivity index (χ0n) is 7.88. The van der Waals surface area contributed by atoms with Crippen LogP contribution in [0.5, 0.6) is 5.75 Å². The van der Waals surface area contributed by atoms with E-state index in [1.807, 2.05) is 18.2 Å². The lowest BCUT2D eigenvalue weighted by molar-refractivity contribution is 0.340. The van der Waals surface area contributed by atoms with Gasteiger partial charge in [0.25, 0.3) is 0 Å². The summed E-state index contributed by atoms with van der Waals surface area (Å²) in [5, 5.41) is 11.9. The summed E-state index contributed by atoms with van der Waals surface area (Å²) < 4.78 is 5.55. The van der Waals surface area contributed by atoms with Crippen LogP contribution in [0.4, 0.5) is 5.13 Å². The first kappa shape index (κ1) is 8.67. The maximum Gasteiger partial charge on any atom is 0.206 e. The maximum atomic E-state index is 5.55. The van der Waals surface area contributed by atoms with Crippen LogP contribution in [-0.4, -0.2) is 16.8 Å². The number of nitrogens with one attached hydrogen (secondary N) is 1. The van der Waals surface area contributed by atoms with Crippen molar-refractivity contribution in [2.75, 3.05) is 11.9 Å². The molecule has 0 spiro atoms. The summed E-state index contributed by atoms with van der Waals surface area (Å²) in [6, 6.07) is 8.24. The molecule has 0 saturated carbocycles. The number of hydrogen-bond donors (Lipinski definition) is 1. The van der Waals surface area contributed by atoms with Crippen molar-refractivity contribution in [3.63, 3.8) is 0 Å². The highest BCUT2D eigenvalue weighted by atomic mass is 32.1. The van der Waals surface area contributed by atoms with Crippen molar-refractivity contribution in [3.05, 3.63) is 35.3 Å². The van der Waals surface area contributed by atoms with Gasteiger partial charge in [-0.1, -0.05) is 29.5 Å². The minimum absolute atomic E-state index is 0.189. The Morgan fingerprint density at radius 2 is 2.33 bits per heavy atom. The van der Waals surface area contributed by atoms with E-state index in [9.17, 15) is 0 Å². The first-order valence-corrected chi connectivity index (χ1v) is 5.56. The molecule has 76 valence electrons. The topological polar surface area (TPSA) is 47.0 Å². The molecule has 2 heterocycles. The number of rotatable bonds is 2. The quantitative estimate of drug-likeness (QED) is 0.840. The number of ether oxygens (including phenoxy) is 1. The number of benzene rings is 1. The van der Waals surface area contributed by atoms with Crippen molar-refractivity contribution in [2.45, 2.75) is 6.04 Å². The lowest BCUT2D eigenvalue weighted by Gasteiger charge is -2.08. The van der Waals surface area contributed by atoms with Gasteiger partial charge in [-0.15, -0.1) is 10.2 Å². The van der Waals surface area contributed by atoms with Gasteiger partial charge < -0.3 is 10.1 Å². The molecule has 0 saturated heterocycles. The van der Waals surface area contributed by atoms with Gasteiger partial charge in [-0.25, -0.2) is 0 Å². The van der Waals surface area contributed by atoms with Crippen molar-refractivity contribution in [1.82, 2.24) is 10.2 Å². The largest absolute Gasteiger partial charge is 0.491 e. The average molecular weight is 219 g/mol. The van der Waals surface area contributed by atoms with Gasteiger partial charge in [-0.2, -0.15) is 0 Å². The maximum absolute atomic E-state index is 5.55. The van der Waals surface area contributed by atoms with Gasteiger partial charge in [-0.3, -0.25) is 0 Å². The fourth-order valence-electron chi connectivity index (χ4n) is 1.67. The molecule has 1 aromatic heterocycles. The number of para-hydroxylation sites is 1. The highest BCUT2D eigenvalue weighted by molar-refractivity contribution is 7.13. The van der Waals surface area contributed by atoms with Gasteiger partial charge in [0.15, 0.2) is 0 Å². The smallest absolute Gasteiger partial charge is 0.206 e. The van der Waals surface area contributed by atoms with Gasteiger partial charge in [0.1, 0.15) is 17.9 Å². The van der Waals surface area contributed by atoms with Crippen LogP contribution in [0.15, 0.2) is 29.8 Å². The molecular weight excluding hydrogens is 210 g/mol. The summed E-state index contributed by atoms with van der Waals surface area (Å²) >= 11 is 1.50. The first-order chi connectivity index (χ1) is 7.43. The number of anilines is 1. The second kappa shape index (κ2) is 3.51. The molecule has 0 bridgehead atoms. The molecule has 15 heavy (non-hydrogen) atoms. The lowest BCUT2D eigenvalue weighted by Crippen LogP contribution is -2.11. The van der Waals surface area contributed by atoms with Crippen LogP contribution in [0.2, 0.25) is 0 Å². The van der Waals surface area contributed by atoms with E-state index in [1.165, 1.54) is 16.9 Å². The van der Waals surface area contributed by atoms with E-state index in [4.69, 9.17) is 4.74 Å². The summed E-state index contributed by atoms with van der Waals surface area (Å²) in [6.07, 6.45) is 0. The zero-order valence-corrected chi connectivity index (χ0v) is 8.70. The van der Waals surface area contributed by atoms with E-state index in [0.29, 0.717) is 6.61 Å². The van der Waals surface area contributed by atoms with Crippen molar-refractivity contribution in [3.8, 4) is 5.75 Å². The molecule has 0 radical (unpaired) electrons.